The number of carboxylic acids is 1. The van der Waals surface area contributed by atoms with Crippen LogP contribution in [0.4, 0.5) is 0 Å². The molecular formula is C16H23ClN2O3. The van der Waals surface area contributed by atoms with E-state index in [0.29, 0.717) is 19.5 Å². The molecule has 5 nitrogen and oxygen atoms in total. The lowest BCUT2D eigenvalue weighted by Gasteiger charge is -2.26. The zero-order valence-corrected chi connectivity index (χ0v) is 13.7. The van der Waals surface area contributed by atoms with E-state index in [9.17, 15) is 14.7 Å². The number of aliphatic carboxylic acids is 1. The molecule has 0 aromatic heterocycles. The minimum atomic E-state index is -0.940. The molecule has 122 valence electrons. The van der Waals surface area contributed by atoms with Crippen LogP contribution in [0.5, 0.6) is 0 Å². The van der Waals surface area contributed by atoms with Gasteiger partial charge in [-0.25, -0.2) is 4.79 Å². The maximum absolute atomic E-state index is 12.9. The smallest absolute Gasteiger partial charge is 0.362 e. The van der Waals surface area contributed by atoms with Crippen LogP contribution in [-0.4, -0.2) is 41.0 Å². The summed E-state index contributed by atoms with van der Waals surface area (Å²) in [5.41, 5.74) is 3.94. The van der Waals surface area contributed by atoms with Gasteiger partial charge in [-0.2, -0.15) is 0 Å². The standard InChI is InChI=1S/C16H22N2O3.ClH/c1-3-18(4-2)15(21)16(11-8-6-5-7-9-11)10-12(16)13(17)14(19)20;/h5-9,12-13H,3-4,10,17H2,1-2H3,(H,19,20);1H/t12-,13+,16+;/m0./s1. The number of halogens is 1. The van der Waals surface area contributed by atoms with E-state index in [4.69, 9.17) is 0 Å². The van der Waals surface area contributed by atoms with Crippen LogP contribution in [0.1, 0.15) is 25.8 Å². The van der Waals surface area contributed by atoms with Crippen LogP contribution in [-0.2, 0) is 15.0 Å². The fraction of sp³-hybridized carbons (Fsp3) is 0.500. The molecule has 1 amide bonds. The number of carbonyl (C=O) groups excluding carboxylic acids is 1. The molecule has 0 saturated heterocycles. The van der Waals surface area contributed by atoms with E-state index in [1.165, 1.54) is 0 Å². The van der Waals surface area contributed by atoms with E-state index < -0.39 is 17.4 Å². The van der Waals surface area contributed by atoms with Gasteiger partial charge in [-0.15, -0.1) is 0 Å². The van der Waals surface area contributed by atoms with Crippen molar-refractivity contribution in [2.45, 2.75) is 31.7 Å². The molecule has 1 aromatic carbocycles. The summed E-state index contributed by atoms with van der Waals surface area (Å²) in [5, 5.41) is 9.22. The SMILES string of the molecule is CCN(CC)C(=O)[C@@]1(c2ccccc2)C[C@H]1[C@@H]([NH3+])C(=O)O.[Cl-]. The molecule has 1 aromatic rings. The van der Waals surface area contributed by atoms with E-state index in [1.807, 2.05) is 44.2 Å². The van der Waals surface area contributed by atoms with Crippen molar-refractivity contribution in [1.82, 2.24) is 4.90 Å². The highest BCUT2D eigenvalue weighted by molar-refractivity contribution is 5.93. The number of nitrogens with zero attached hydrogens (tertiary/aromatic N) is 1. The van der Waals surface area contributed by atoms with Gasteiger partial charge in [0.05, 0.1) is 5.41 Å². The van der Waals surface area contributed by atoms with Crippen LogP contribution in [0.2, 0.25) is 0 Å². The van der Waals surface area contributed by atoms with Crippen LogP contribution in [0.25, 0.3) is 0 Å². The second-order valence-electron chi connectivity index (χ2n) is 5.57. The largest absolute Gasteiger partial charge is 1.00 e. The Hall–Kier alpha value is -1.59. The first-order valence-electron chi connectivity index (χ1n) is 7.39. The lowest BCUT2D eigenvalue weighted by Crippen LogP contribution is -3.00. The summed E-state index contributed by atoms with van der Waals surface area (Å²) in [7, 11) is 0. The Bertz CT molecular complexity index is 533. The fourth-order valence-electron chi connectivity index (χ4n) is 3.18. The van der Waals surface area contributed by atoms with Gasteiger partial charge < -0.3 is 28.1 Å². The Labute approximate surface area is 136 Å². The molecule has 0 aliphatic heterocycles. The molecule has 1 saturated carbocycles. The van der Waals surface area contributed by atoms with Crippen LogP contribution in [0.3, 0.4) is 0 Å². The third-order valence-electron chi connectivity index (χ3n) is 4.54. The van der Waals surface area contributed by atoms with E-state index in [2.05, 4.69) is 5.73 Å². The highest BCUT2D eigenvalue weighted by Gasteiger charge is 2.66. The molecule has 1 fully saturated rings. The Morgan fingerprint density at radius 2 is 1.86 bits per heavy atom. The van der Waals surface area contributed by atoms with Crippen molar-refractivity contribution in [2.75, 3.05) is 13.1 Å². The summed E-state index contributed by atoms with van der Waals surface area (Å²) in [6.45, 7) is 5.14. The molecule has 22 heavy (non-hydrogen) atoms. The lowest BCUT2D eigenvalue weighted by molar-refractivity contribution is -0.414. The molecular weight excluding hydrogens is 304 g/mol. The number of likely N-dealkylation sites (N-methyl/N-ethyl adjacent to an activating group) is 1. The number of benzene rings is 1. The van der Waals surface area contributed by atoms with Gasteiger partial charge in [0.1, 0.15) is 0 Å². The van der Waals surface area contributed by atoms with Crippen LogP contribution >= 0.6 is 0 Å². The van der Waals surface area contributed by atoms with E-state index >= 15 is 0 Å². The van der Waals surface area contributed by atoms with E-state index in [0.717, 1.165) is 5.56 Å². The van der Waals surface area contributed by atoms with Crippen molar-refractivity contribution in [3.05, 3.63) is 35.9 Å². The third-order valence-corrected chi connectivity index (χ3v) is 4.54. The molecule has 1 aliphatic rings. The fourth-order valence-corrected chi connectivity index (χ4v) is 3.18. The minimum absolute atomic E-state index is 0. The van der Waals surface area contributed by atoms with Crippen molar-refractivity contribution in [1.29, 1.82) is 0 Å². The normalized spacial score (nSPS) is 24.0. The summed E-state index contributed by atoms with van der Waals surface area (Å²) in [6.07, 6.45) is 0.562. The summed E-state index contributed by atoms with van der Waals surface area (Å²) in [6, 6.07) is 8.74. The summed E-state index contributed by atoms with van der Waals surface area (Å²) in [4.78, 5) is 26.0. The van der Waals surface area contributed by atoms with Gasteiger partial charge in [0.2, 0.25) is 5.91 Å². The number of amides is 1. The topological polar surface area (TPSA) is 85.3 Å². The average Bonchev–Trinajstić information content (AvgIpc) is 3.25. The van der Waals surface area contributed by atoms with Gasteiger partial charge in [0.25, 0.3) is 0 Å². The highest BCUT2D eigenvalue weighted by Crippen LogP contribution is 2.56. The number of hydrogen-bond donors (Lipinski definition) is 2. The number of rotatable bonds is 6. The molecule has 2 rings (SSSR count). The van der Waals surface area contributed by atoms with Crippen molar-refractivity contribution >= 4 is 11.9 Å². The van der Waals surface area contributed by atoms with Gasteiger partial charge in [0.15, 0.2) is 6.04 Å². The summed E-state index contributed by atoms with van der Waals surface area (Å²) in [5.74, 6) is -1.14. The van der Waals surface area contributed by atoms with Gasteiger partial charge in [-0.05, 0) is 25.8 Å². The monoisotopic (exact) mass is 326 g/mol. The van der Waals surface area contributed by atoms with Crippen LogP contribution in [0.15, 0.2) is 30.3 Å². The molecule has 0 radical (unpaired) electrons. The van der Waals surface area contributed by atoms with Crippen LogP contribution < -0.4 is 18.1 Å². The lowest BCUT2D eigenvalue weighted by atomic mass is 9.89. The molecule has 0 heterocycles. The molecule has 3 atom stereocenters. The Morgan fingerprint density at radius 3 is 2.32 bits per heavy atom. The van der Waals surface area contributed by atoms with Crippen LogP contribution in [0, 0.1) is 5.92 Å². The Kier molecular flexibility index (Phi) is 5.97. The molecule has 0 spiro atoms. The Morgan fingerprint density at radius 1 is 1.32 bits per heavy atom. The zero-order chi connectivity index (χ0) is 15.6. The zero-order valence-electron chi connectivity index (χ0n) is 13.0. The second-order valence-corrected chi connectivity index (χ2v) is 5.57. The number of quaternary nitrogens is 1. The maximum Gasteiger partial charge on any atom is 0.362 e. The number of hydrogen-bond acceptors (Lipinski definition) is 2. The van der Waals surface area contributed by atoms with Crippen molar-refractivity contribution in [3.63, 3.8) is 0 Å². The predicted molar refractivity (Wildman–Crippen MR) is 78.5 cm³/mol. The Balaban J connectivity index is 0.00000242. The number of carbonyl (C=O) groups is 2. The summed E-state index contributed by atoms with van der Waals surface area (Å²) >= 11 is 0. The number of carboxylic acid groups (broad SMARTS) is 1. The van der Waals surface area contributed by atoms with Crippen molar-refractivity contribution in [3.8, 4) is 0 Å². The van der Waals surface area contributed by atoms with Gasteiger partial charge >= 0.3 is 5.97 Å². The van der Waals surface area contributed by atoms with Gasteiger partial charge in [-0.1, -0.05) is 30.3 Å². The first-order valence-corrected chi connectivity index (χ1v) is 7.39. The molecule has 6 heteroatoms. The first-order chi connectivity index (χ1) is 9.98. The molecule has 0 unspecified atom stereocenters. The second kappa shape index (κ2) is 7.11. The van der Waals surface area contributed by atoms with E-state index in [-0.39, 0.29) is 24.2 Å². The van der Waals surface area contributed by atoms with Gasteiger partial charge in [-0.3, -0.25) is 4.79 Å². The van der Waals surface area contributed by atoms with Gasteiger partial charge in [0, 0.05) is 19.0 Å². The highest BCUT2D eigenvalue weighted by atomic mass is 35.5. The third kappa shape index (κ3) is 2.96. The molecule has 1 aliphatic carbocycles. The molecule has 0 bridgehead atoms. The van der Waals surface area contributed by atoms with Crippen molar-refractivity contribution in [2.24, 2.45) is 5.92 Å². The quantitative estimate of drug-likeness (QED) is 0.606. The van der Waals surface area contributed by atoms with E-state index in [1.54, 1.807) is 4.90 Å². The minimum Gasteiger partial charge on any atom is -1.00 e. The molecule has 4 N–H and O–H groups in total. The first kappa shape index (κ1) is 18.5. The maximum atomic E-state index is 12.9. The van der Waals surface area contributed by atoms with Crippen molar-refractivity contribution < 1.29 is 32.8 Å². The average molecular weight is 327 g/mol. The predicted octanol–water partition coefficient (Wildman–Crippen LogP) is -2.49. The summed E-state index contributed by atoms with van der Waals surface area (Å²) < 4.78 is 0.